The molecule has 280 valence electrons. The molecule has 2 aromatic heterocycles. The second-order valence-electron chi connectivity index (χ2n) is 16.7. The maximum Gasteiger partial charge on any atom is 0.246 e. The van der Waals surface area contributed by atoms with Gasteiger partial charge >= 0.3 is 0 Å². The normalized spacial score (nSPS) is 21.1. The molecule has 1 N–H and O–H groups in total. The summed E-state index contributed by atoms with van der Waals surface area (Å²) in [7, 11) is 0. The highest BCUT2D eigenvalue weighted by atomic mass is 16.7. The van der Waals surface area contributed by atoms with Gasteiger partial charge in [-0.25, -0.2) is 4.98 Å². The summed E-state index contributed by atoms with van der Waals surface area (Å²) in [6.45, 7) is 14.5. The Labute approximate surface area is 318 Å². The number of piperazine rings is 1. The third-order valence-electron chi connectivity index (χ3n) is 12.4. The third-order valence-corrected chi connectivity index (χ3v) is 12.4. The average molecular weight is 726 g/mol. The molecule has 4 aliphatic rings. The number of nitrogens with zero attached hydrogens (tertiary/aromatic N) is 4. The molecule has 1 spiro atoms. The number of aromatic amines is 1. The van der Waals surface area contributed by atoms with E-state index in [4.69, 9.17) is 14.2 Å². The number of para-hydroxylation sites is 1. The number of pyridine rings is 1. The Bertz CT molecular complexity index is 2160. The topological polar surface area (TPSA) is 83.2 Å². The van der Waals surface area contributed by atoms with E-state index in [0.717, 1.165) is 73.8 Å². The van der Waals surface area contributed by atoms with E-state index >= 15 is 0 Å². The predicted molar refractivity (Wildman–Crippen MR) is 212 cm³/mol. The molecule has 3 aliphatic heterocycles. The molecule has 5 aromatic rings. The van der Waals surface area contributed by atoms with Crippen LogP contribution in [0.15, 0.2) is 85.2 Å². The largest absolute Gasteiger partial charge is 0.455 e. The minimum absolute atomic E-state index is 0.341. The molecule has 1 atom stereocenters. The molecule has 9 heteroatoms. The number of ether oxygens (including phenoxy) is 3. The van der Waals surface area contributed by atoms with E-state index in [1.807, 2.05) is 50.4 Å². The van der Waals surface area contributed by atoms with Crippen molar-refractivity contribution in [3.63, 3.8) is 0 Å². The van der Waals surface area contributed by atoms with Crippen molar-refractivity contribution in [1.29, 1.82) is 0 Å². The van der Waals surface area contributed by atoms with Gasteiger partial charge in [0.05, 0.1) is 11.8 Å². The lowest BCUT2D eigenvalue weighted by molar-refractivity contribution is -0.0633. The number of fused-ring (bicyclic) bond motifs is 2. The minimum atomic E-state index is -0.638. The zero-order valence-corrected chi connectivity index (χ0v) is 31.9. The van der Waals surface area contributed by atoms with Gasteiger partial charge < -0.3 is 24.1 Å². The van der Waals surface area contributed by atoms with Crippen LogP contribution in [0.2, 0.25) is 0 Å². The molecule has 54 heavy (non-hydrogen) atoms. The molecular formula is C45H51N5O4. The summed E-state index contributed by atoms with van der Waals surface area (Å²) in [6, 6.07) is 26.2. The molecule has 9 rings (SSSR count). The van der Waals surface area contributed by atoms with E-state index in [2.05, 4.69) is 81.0 Å². The van der Waals surface area contributed by atoms with Crippen LogP contribution in [0.3, 0.4) is 0 Å². The SMILES string of the molecule is CC(C)c1ccccc1C1CN(Cc2cccc3c2OC(C)(C)O3)CCN1C1CC2(CCN(c3ccc(C=O)c(Oc4cnc5[nH]ccc5c4)c3)CC2)C1. The number of piperidine rings is 1. The Morgan fingerprint density at radius 2 is 1.80 bits per heavy atom. The number of rotatable bonds is 9. The number of aldehydes is 1. The molecule has 9 nitrogen and oxygen atoms in total. The summed E-state index contributed by atoms with van der Waals surface area (Å²) in [5, 5.41) is 0.971. The molecular weight excluding hydrogens is 675 g/mol. The van der Waals surface area contributed by atoms with E-state index in [1.54, 1.807) is 6.20 Å². The van der Waals surface area contributed by atoms with Gasteiger partial charge in [0, 0.05) is 94.1 Å². The van der Waals surface area contributed by atoms with Crippen LogP contribution in [0, 0.1) is 5.41 Å². The van der Waals surface area contributed by atoms with Crippen molar-refractivity contribution >= 4 is 23.0 Å². The number of carbonyl (C=O) groups is 1. The molecule has 1 aliphatic carbocycles. The number of nitrogens with one attached hydrogen (secondary N) is 1. The maximum absolute atomic E-state index is 12.0. The first kappa shape index (κ1) is 34.9. The highest BCUT2D eigenvalue weighted by Crippen LogP contribution is 2.53. The summed E-state index contributed by atoms with van der Waals surface area (Å²) in [6.07, 6.45) is 9.28. The number of carbonyl (C=O) groups excluding carboxylic acids is 1. The van der Waals surface area contributed by atoms with Crippen molar-refractivity contribution in [3.8, 4) is 23.0 Å². The molecule has 0 radical (unpaired) electrons. The van der Waals surface area contributed by atoms with E-state index < -0.39 is 5.79 Å². The standard InChI is InChI=1S/C45H51N5O4/c1-30(2)37-9-5-6-10-38(37)39-28-48(27-32-8-7-11-40-42(32)54-44(3,4)53-40)20-21-50(39)35-24-45(25-35)15-18-49(19-16-45)34-13-12-33(29-51)41(23-34)52-36-22-31-14-17-46-43(31)47-26-36/h5-14,17,22-23,26,29-30,35,39H,15-16,18-21,24-25,27-28H2,1-4H3,(H,46,47). The van der Waals surface area contributed by atoms with Gasteiger partial charge in [-0.2, -0.15) is 0 Å². The van der Waals surface area contributed by atoms with Crippen molar-refractivity contribution in [2.24, 2.45) is 5.41 Å². The van der Waals surface area contributed by atoms with E-state index in [-0.39, 0.29) is 0 Å². The molecule has 2 saturated heterocycles. The van der Waals surface area contributed by atoms with Crippen molar-refractivity contribution in [1.82, 2.24) is 19.8 Å². The zero-order valence-electron chi connectivity index (χ0n) is 31.9. The number of aromatic nitrogens is 2. The zero-order chi connectivity index (χ0) is 37.0. The van der Waals surface area contributed by atoms with Crippen LogP contribution in [0.25, 0.3) is 11.0 Å². The second kappa shape index (κ2) is 13.8. The summed E-state index contributed by atoms with van der Waals surface area (Å²) in [4.78, 5) is 27.5. The van der Waals surface area contributed by atoms with Crippen LogP contribution in [-0.2, 0) is 6.54 Å². The van der Waals surface area contributed by atoms with Crippen molar-refractivity contribution in [2.45, 2.75) is 83.7 Å². The average Bonchev–Trinajstić information content (AvgIpc) is 3.77. The highest BCUT2D eigenvalue weighted by Gasteiger charge is 2.50. The Balaban J connectivity index is 0.881. The summed E-state index contributed by atoms with van der Waals surface area (Å²) >= 11 is 0. The van der Waals surface area contributed by atoms with Gasteiger partial charge in [0.1, 0.15) is 17.1 Å². The van der Waals surface area contributed by atoms with Gasteiger partial charge in [0.15, 0.2) is 17.8 Å². The van der Waals surface area contributed by atoms with Crippen LogP contribution >= 0.6 is 0 Å². The van der Waals surface area contributed by atoms with Gasteiger partial charge in [-0.3, -0.25) is 14.6 Å². The van der Waals surface area contributed by atoms with Crippen LogP contribution in [0.4, 0.5) is 5.69 Å². The first-order valence-corrected chi connectivity index (χ1v) is 19.7. The fourth-order valence-corrected chi connectivity index (χ4v) is 9.54. The number of H-pyrrole nitrogens is 1. The van der Waals surface area contributed by atoms with Crippen LogP contribution in [0.5, 0.6) is 23.0 Å². The first-order valence-electron chi connectivity index (χ1n) is 19.7. The Morgan fingerprint density at radius 3 is 2.61 bits per heavy atom. The van der Waals surface area contributed by atoms with E-state index in [0.29, 0.717) is 40.5 Å². The van der Waals surface area contributed by atoms with Gasteiger partial charge in [-0.15, -0.1) is 0 Å². The number of hydrogen-bond acceptors (Lipinski definition) is 8. The van der Waals surface area contributed by atoms with Crippen LogP contribution in [-0.4, -0.2) is 70.6 Å². The lowest BCUT2D eigenvalue weighted by Gasteiger charge is -2.58. The quantitative estimate of drug-likeness (QED) is 0.151. The van der Waals surface area contributed by atoms with E-state index in [9.17, 15) is 4.79 Å². The lowest BCUT2D eigenvalue weighted by Crippen LogP contribution is -2.60. The number of benzene rings is 3. The molecule has 1 saturated carbocycles. The fraction of sp³-hybridized carbons (Fsp3) is 0.422. The summed E-state index contributed by atoms with van der Waals surface area (Å²) < 4.78 is 18.6. The Hall–Kier alpha value is -4.86. The predicted octanol–water partition coefficient (Wildman–Crippen LogP) is 9.11. The van der Waals surface area contributed by atoms with Gasteiger partial charge in [-0.1, -0.05) is 50.2 Å². The monoisotopic (exact) mass is 725 g/mol. The van der Waals surface area contributed by atoms with Gasteiger partial charge in [0.25, 0.3) is 0 Å². The Morgan fingerprint density at radius 1 is 0.963 bits per heavy atom. The highest BCUT2D eigenvalue weighted by molar-refractivity contribution is 5.81. The van der Waals surface area contributed by atoms with Crippen molar-refractivity contribution < 1.29 is 19.0 Å². The fourth-order valence-electron chi connectivity index (χ4n) is 9.54. The first-order chi connectivity index (χ1) is 26.2. The smallest absolute Gasteiger partial charge is 0.246 e. The molecule has 3 fully saturated rings. The molecule has 0 bridgehead atoms. The molecule has 0 amide bonds. The number of hydrogen-bond donors (Lipinski definition) is 1. The Kier molecular flexibility index (Phi) is 8.89. The minimum Gasteiger partial charge on any atom is -0.455 e. The summed E-state index contributed by atoms with van der Waals surface area (Å²) in [5.41, 5.74) is 6.97. The number of anilines is 1. The van der Waals surface area contributed by atoms with E-state index in [1.165, 1.54) is 42.4 Å². The van der Waals surface area contributed by atoms with Crippen molar-refractivity contribution in [3.05, 3.63) is 107 Å². The van der Waals surface area contributed by atoms with Gasteiger partial charge in [-0.05, 0) is 78.5 Å². The molecule has 5 heterocycles. The lowest BCUT2D eigenvalue weighted by atomic mass is 9.59. The molecule has 1 unspecified atom stereocenters. The third kappa shape index (κ3) is 6.62. The van der Waals surface area contributed by atoms with Crippen LogP contribution in [0.1, 0.15) is 92.4 Å². The molecule has 3 aromatic carbocycles. The summed E-state index contributed by atoms with van der Waals surface area (Å²) in [5.74, 6) is 2.75. The maximum atomic E-state index is 12.0. The van der Waals surface area contributed by atoms with Gasteiger partial charge in [0.2, 0.25) is 5.79 Å². The van der Waals surface area contributed by atoms with Crippen molar-refractivity contribution in [2.75, 3.05) is 37.6 Å². The van der Waals surface area contributed by atoms with Crippen LogP contribution < -0.4 is 19.1 Å². The second-order valence-corrected chi connectivity index (χ2v) is 16.7.